The van der Waals surface area contributed by atoms with Crippen LogP contribution in [0.15, 0.2) is 41.0 Å². The molecule has 2 rings (SSSR count). The Balaban J connectivity index is 2.39. The minimum absolute atomic E-state index is 0.00794. The maximum absolute atomic E-state index is 13.2. The van der Waals surface area contributed by atoms with E-state index >= 15 is 0 Å². The summed E-state index contributed by atoms with van der Waals surface area (Å²) in [6.45, 7) is 5.19. The Morgan fingerprint density at radius 1 is 1.18 bits per heavy atom. The Kier molecular flexibility index (Phi) is 14.5. The third kappa shape index (κ3) is 11.5. The quantitative estimate of drug-likeness (QED) is 0.129. The summed E-state index contributed by atoms with van der Waals surface area (Å²) in [6, 6.07) is 2.39. The lowest BCUT2D eigenvalue weighted by molar-refractivity contribution is -0.152. The fourth-order valence-corrected chi connectivity index (χ4v) is 4.78. The zero-order chi connectivity index (χ0) is 29.5. The van der Waals surface area contributed by atoms with Gasteiger partial charge in [0.25, 0.3) is 11.8 Å². The van der Waals surface area contributed by atoms with E-state index in [0.29, 0.717) is 30.7 Å². The molecule has 218 valence electrons. The Morgan fingerprint density at radius 3 is 2.62 bits per heavy atom. The molecule has 0 spiro atoms. The smallest absolute Gasteiger partial charge is 0.329 e. The van der Waals surface area contributed by atoms with E-state index in [9.17, 15) is 24.0 Å². The molecule has 1 aromatic heterocycles. The highest BCUT2D eigenvalue weighted by molar-refractivity contribution is 8.13. The zero-order valence-corrected chi connectivity index (χ0v) is 25.0. The van der Waals surface area contributed by atoms with Gasteiger partial charge in [0.2, 0.25) is 5.91 Å². The molecule has 0 unspecified atom stereocenters. The molecule has 0 fully saturated rings. The summed E-state index contributed by atoms with van der Waals surface area (Å²) < 4.78 is 5.71. The number of pyridine rings is 1. The molecule has 0 saturated carbocycles. The van der Waals surface area contributed by atoms with Crippen LogP contribution in [0.5, 0.6) is 0 Å². The van der Waals surface area contributed by atoms with Crippen molar-refractivity contribution < 1.29 is 28.7 Å². The van der Waals surface area contributed by atoms with Gasteiger partial charge in [-0.2, -0.15) is 0 Å². The van der Waals surface area contributed by atoms with Crippen LogP contribution in [-0.4, -0.2) is 57.9 Å². The van der Waals surface area contributed by atoms with E-state index in [1.54, 1.807) is 31.2 Å². The normalized spacial score (nSPS) is 20.1. The van der Waals surface area contributed by atoms with Gasteiger partial charge in [0, 0.05) is 17.6 Å². The second-order valence-corrected chi connectivity index (χ2v) is 11.2. The Morgan fingerprint density at radius 2 is 1.95 bits per heavy atom. The van der Waals surface area contributed by atoms with E-state index in [2.05, 4.69) is 20.9 Å². The molecule has 10 nitrogen and oxygen atoms in total. The van der Waals surface area contributed by atoms with Gasteiger partial charge < -0.3 is 20.7 Å². The number of unbranched alkanes of at least 4 members (excludes halogenated alkanes) is 2. The lowest BCUT2D eigenvalue weighted by atomic mass is 10.1. The molecular weight excluding hydrogens is 552 g/mol. The highest BCUT2D eigenvalue weighted by Gasteiger charge is 2.27. The predicted molar refractivity (Wildman–Crippen MR) is 157 cm³/mol. The SMILES string of the molecule is C/C=C1\NC(=O)c2cc(SC)cc(n2)CNC(=O)C[C@@H](/C=C/CCSC(C)=O)OC(=O)[C@H](CCCCC)NC1=O. The van der Waals surface area contributed by atoms with Crippen LogP contribution < -0.4 is 16.0 Å². The number of hydrogen-bond acceptors (Lipinski definition) is 9. The summed E-state index contributed by atoms with van der Waals surface area (Å²) in [6.07, 6.45) is 9.02. The highest BCUT2D eigenvalue weighted by atomic mass is 32.2. The van der Waals surface area contributed by atoms with Crippen molar-refractivity contribution in [2.75, 3.05) is 12.0 Å². The third-order valence-corrected chi connectivity index (χ3v) is 7.40. The van der Waals surface area contributed by atoms with Gasteiger partial charge in [0.15, 0.2) is 5.12 Å². The number of cyclic esters (lactones) is 1. The van der Waals surface area contributed by atoms with E-state index in [1.165, 1.54) is 36.5 Å². The number of carbonyl (C=O) groups is 5. The highest BCUT2D eigenvalue weighted by Crippen LogP contribution is 2.18. The molecular formula is C28H38N4O6S2. The van der Waals surface area contributed by atoms with Crippen molar-refractivity contribution in [1.29, 1.82) is 0 Å². The largest absolute Gasteiger partial charge is 0.456 e. The van der Waals surface area contributed by atoms with Crippen molar-refractivity contribution in [2.24, 2.45) is 0 Å². The number of allylic oxidation sites excluding steroid dienone is 2. The number of carbonyl (C=O) groups excluding carboxylic acids is 5. The first-order chi connectivity index (χ1) is 19.2. The number of rotatable bonds is 9. The summed E-state index contributed by atoms with van der Waals surface area (Å²) in [7, 11) is 0. The minimum Gasteiger partial charge on any atom is -0.456 e. The number of amides is 3. The lowest BCUT2D eigenvalue weighted by Gasteiger charge is -2.22. The first-order valence-electron chi connectivity index (χ1n) is 13.3. The Bertz CT molecular complexity index is 1140. The van der Waals surface area contributed by atoms with Gasteiger partial charge in [0.05, 0.1) is 18.7 Å². The van der Waals surface area contributed by atoms with Gasteiger partial charge >= 0.3 is 5.97 Å². The van der Waals surface area contributed by atoms with Crippen molar-refractivity contribution in [3.05, 3.63) is 47.4 Å². The fraction of sp³-hybridized carbons (Fsp3) is 0.500. The van der Waals surface area contributed by atoms with Crippen molar-refractivity contribution >= 4 is 52.3 Å². The summed E-state index contributed by atoms with van der Waals surface area (Å²) in [5.41, 5.74) is 0.541. The van der Waals surface area contributed by atoms with Crippen LogP contribution in [0.2, 0.25) is 0 Å². The van der Waals surface area contributed by atoms with Crippen LogP contribution in [0.3, 0.4) is 0 Å². The topological polar surface area (TPSA) is 144 Å². The predicted octanol–water partition coefficient (Wildman–Crippen LogP) is 3.66. The standard InChI is InChI=1S/C28H38N4O6S2/c1-5-7-8-12-23-28(37)38-20(11-9-10-13-40-18(3)33)15-25(34)29-17-19-14-21(39-4)16-24(30-19)27(36)31-22(6-2)26(35)32-23/h6,9,11,14,16,20,23H,5,7-8,10,12-13,15,17H2,1-4H3,(H,29,34)(H,31,36)(H,32,35)/b11-9+,22-6-/t20-,23+/m1/s1. The molecule has 3 amide bonds. The number of thioether (sulfide) groups is 2. The number of esters is 1. The number of ether oxygens (including phenoxy) is 1. The summed E-state index contributed by atoms with van der Waals surface area (Å²) in [4.78, 5) is 68.5. The maximum atomic E-state index is 13.2. The fourth-order valence-electron chi connectivity index (χ4n) is 3.76. The molecule has 0 aliphatic carbocycles. The molecule has 2 bridgehead atoms. The van der Waals surface area contributed by atoms with Crippen molar-refractivity contribution in [3.63, 3.8) is 0 Å². The zero-order valence-electron chi connectivity index (χ0n) is 23.4. The Labute approximate surface area is 243 Å². The van der Waals surface area contributed by atoms with E-state index in [-0.39, 0.29) is 35.4 Å². The van der Waals surface area contributed by atoms with Gasteiger partial charge in [-0.15, -0.1) is 11.8 Å². The van der Waals surface area contributed by atoms with Crippen molar-refractivity contribution in [3.8, 4) is 0 Å². The maximum Gasteiger partial charge on any atom is 0.329 e. The van der Waals surface area contributed by atoms with Crippen LogP contribution in [0.1, 0.15) is 75.5 Å². The number of nitrogens with zero attached hydrogens (tertiary/aromatic N) is 1. The average Bonchev–Trinajstić information content (AvgIpc) is 2.92. The van der Waals surface area contributed by atoms with Crippen LogP contribution >= 0.6 is 23.5 Å². The Hall–Kier alpha value is -3.12. The molecule has 3 N–H and O–H groups in total. The van der Waals surface area contributed by atoms with Crippen LogP contribution in [0.4, 0.5) is 0 Å². The monoisotopic (exact) mass is 590 g/mol. The molecule has 0 aromatic carbocycles. The molecule has 0 saturated heterocycles. The minimum atomic E-state index is -0.976. The average molecular weight is 591 g/mol. The first kappa shape index (κ1) is 33.1. The number of nitrogens with one attached hydrogen (secondary N) is 3. The molecule has 40 heavy (non-hydrogen) atoms. The molecule has 1 aliphatic rings. The van der Waals surface area contributed by atoms with E-state index < -0.39 is 29.9 Å². The van der Waals surface area contributed by atoms with Crippen molar-refractivity contribution in [1.82, 2.24) is 20.9 Å². The van der Waals surface area contributed by atoms with E-state index in [1.807, 2.05) is 13.2 Å². The van der Waals surface area contributed by atoms with E-state index in [0.717, 1.165) is 17.7 Å². The lowest BCUT2D eigenvalue weighted by Crippen LogP contribution is -2.46. The molecule has 12 heteroatoms. The van der Waals surface area contributed by atoms with Gasteiger partial charge in [-0.1, -0.05) is 50.1 Å². The third-order valence-electron chi connectivity index (χ3n) is 5.85. The first-order valence-corrected chi connectivity index (χ1v) is 15.5. The van der Waals surface area contributed by atoms with Crippen molar-refractivity contribution in [2.45, 2.75) is 82.9 Å². The molecule has 1 aromatic rings. The van der Waals surface area contributed by atoms with Gasteiger partial charge in [-0.3, -0.25) is 19.2 Å². The van der Waals surface area contributed by atoms with Crippen LogP contribution in [-0.2, 0) is 30.5 Å². The van der Waals surface area contributed by atoms with Gasteiger partial charge in [0.1, 0.15) is 23.5 Å². The summed E-state index contributed by atoms with van der Waals surface area (Å²) in [5.74, 6) is -1.70. The van der Waals surface area contributed by atoms with Gasteiger partial charge in [-0.05, 0) is 44.2 Å². The molecule has 1 aliphatic heterocycles. The van der Waals surface area contributed by atoms with Gasteiger partial charge in [-0.25, -0.2) is 9.78 Å². The molecule has 2 heterocycles. The second kappa shape index (κ2) is 17.5. The molecule has 2 atom stereocenters. The van der Waals surface area contributed by atoms with Crippen LogP contribution in [0.25, 0.3) is 0 Å². The summed E-state index contributed by atoms with van der Waals surface area (Å²) in [5, 5.41) is 8.07. The number of fused-ring (bicyclic) bond motifs is 2. The van der Waals surface area contributed by atoms with E-state index in [4.69, 9.17) is 4.74 Å². The second-order valence-electron chi connectivity index (χ2n) is 9.07. The number of hydrogen-bond donors (Lipinski definition) is 3. The van der Waals surface area contributed by atoms with Crippen LogP contribution in [0, 0.1) is 0 Å². The molecule has 0 radical (unpaired) electrons. The number of aromatic nitrogens is 1. The summed E-state index contributed by atoms with van der Waals surface area (Å²) >= 11 is 2.60.